The lowest BCUT2D eigenvalue weighted by molar-refractivity contribution is 0.0499. The molecule has 2 nitrogen and oxygen atoms in total. The Labute approximate surface area is 84.9 Å². The number of benzene rings is 1. The average Bonchev–Trinajstić information content (AvgIpc) is 2.18. The number of hydrogen-bond donors (Lipinski definition) is 0. The lowest BCUT2D eigenvalue weighted by atomic mass is 10.1. The zero-order valence-corrected chi connectivity index (χ0v) is 8.75. The number of esters is 1. The highest BCUT2D eigenvalue weighted by Gasteiger charge is 2.08. The van der Waals surface area contributed by atoms with Crippen molar-refractivity contribution in [3.8, 4) is 0 Å². The van der Waals surface area contributed by atoms with E-state index >= 15 is 0 Å². The number of hydrogen-bond acceptors (Lipinski definition) is 2. The summed E-state index contributed by atoms with van der Waals surface area (Å²) in [5.74, 6) is -0.212. The lowest BCUT2D eigenvalue weighted by Gasteiger charge is -2.05. The van der Waals surface area contributed by atoms with Gasteiger partial charge in [0.05, 0.1) is 12.2 Å². The van der Waals surface area contributed by atoms with Crippen molar-refractivity contribution in [3.05, 3.63) is 35.4 Å². The van der Waals surface area contributed by atoms with Crippen LogP contribution < -0.4 is 0 Å². The SMILES string of the molecule is CCCCOC(=O)c1ccccc1C. The molecular formula is C12H16O2. The van der Waals surface area contributed by atoms with Gasteiger partial charge in [-0.15, -0.1) is 0 Å². The van der Waals surface area contributed by atoms with Gasteiger partial charge < -0.3 is 4.74 Å². The molecule has 2 heteroatoms. The second kappa shape index (κ2) is 5.43. The molecule has 1 rings (SSSR count). The maximum atomic E-state index is 11.5. The van der Waals surface area contributed by atoms with Crippen LogP contribution in [0.2, 0.25) is 0 Å². The number of unbranched alkanes of at least 4 members (excludes halogenated alkanes) is 1. The van der Waals surface area contributed by atoms with Gasteiger partial charge in [-0.3, -0.25) is 0 Å². The minimum Gasteiger partial charge on any atom is -0.462 e. The minimum atomic E-state index is -0.212. The number of aryl methyl sites for hydroxylation is 1. The van der Waals surface area contributed by atoms with Crippen LogP contribution >= 0.6 is 0 Å². The monoisotopic (exact) mass is 192 g/mol. The van der Waals surface area contributed by atoms with Crippen molar-refractivity contribution < 1.29 is 9.53 Å². The van der Waals surface area contributed by atoms with Gasteiger partial charge in [0.2, 0.25) is 0 Å². The van der Waals surface area contributed by atoms with Gasteiger partial charge in [0.25, 0.3) is 0 Å². The van der Waals surface area contributed by atoms with Crippen LogP contribution in [0.4, 0.5) is 0 Å². The van der Waals surface area contributed by atoms with Crippen LogP contribution in [-0.2, 0) is 4.74 Å². The van der Waals surface area contributed by atoms with Crippen molar-refractivity contribution in [2.45, 2.75) is 26.7 Å². The molecule has 0 aliphatic carbocycles. The normalized spacial score (nSPS) is 9.86. The first-order valence-electron chi connectivity index (χ1n) is 4.98. The Morgan fingerprint density at radius 1 is 1.36 bits per heavy atom. The molecule has 1 aromatic rings. The van der Waals surface area contributed by atoms with E-state index in [0.717, 1.165) is 18.4 Å². The molecule has 0 aliphatic heterocycles. The Balaban J connectivity index is 2.56. The van der Waals surface area contributed by atoms with Crippen molar-refractivity contribution >= 4 is 5.97 Å². The zero-order valence-electron chi connectivity index (χ0n) is 8.75. The van der Waals surface area contributed by atoms with Gasteiger partial charge in [-0.25, -0.2) is 4.79 Å². The molecule has 1 aromatic carbocycles. The van der Waals surface area contributed by atoms with E-state index in [1.54, 1.807) is 6.07 Å². The summed E-state index contributed by atoms with van der Waals surface area (Å²) in [7, 11) is 0. The highest BCUT2D eigenvalue weighted by molar-refractivity contribution is 5.90. The molecule has 0 atom stereocenters. The summed E-state index contributed by atoms with van der Waals surface area (Å²) in [6, 6.07) is 7.47. The van der Waals surface area contributed by atoms with E-state index in [-0.39, 0.29) is 5.97 Å². The maximum absolute atomic E-state index is 11.5. The topological polar surface area (TPSA) is 26.3 Å². The minimum absolute atomic E-state index is 0.212. The van der Waals surface area contributed by atoms with Crippen molar-refractivity contribution in [1.82, 2.24) is 0 Å². The van der Waals surface area contributed by atoms with Crippen LogP contribution in [0.15, 0.2) is 24.3 Å². The fourth-order valence-electron chi connectivity index (χ4n) is 1.19. The summed E-state index contributed by atoms with van der Waals surface area (Å²) in [5, 5.41) is 0. The number of carbonyl (C=O) groups is 1. The number of rotatable bonds is 4. The molecule has 0 heterocycles. The van der Waals surface area contributed by atoms with E-state index in [0.29, 0.717) is 12.2 Å². The van der Waals surface area contributed by atoms with Crippen LogP contribution in [-0.4, -0.2) is 12.6 Å². The zero-order chi connectivity index (χ0) is 10.4. The summed E-state index contributed by atoms with van der Waals surface area (Å²) < 4.78 is 5.11. The first-order valence-corrected chi connectivity index (χ1v) is 4.98. The first kappa shape index (κ1) is 10.8. The van der Waals surface area contributed by atoms with Crippen LogP contribution in [0.3, 0.4) is 0 Å². The second-order valence-corrected chi connectivity index (χ2v) is 3.30. The van der Waals surface area contributed by atoms with Gasteiger partial charge in [-0.05, 0) is 25.0 Å². The number of ether oxygens (including phenoxy) is 1. The molecule has 0 aromatic heterocycles. The number of carbonyl (C=O) groups excluding carboxylic acids is 1. The lowest BCUT2D eigenvalue weighted by Crippen LogP contribution is -2.07. The van der Waals surface area contributed by atoms with Crippen LogP contribution in [0.5, 0.6) is 0 Å². The predicted octanol–water partition coefficient (Wildman–Crippen LogP) is 2.95. The third-order valence-corrected chi connectivity index (χ3v) is 2.10. The molecular weight excluding hydrogens is 176 g/mol. The van der Waals surface area contributed by atoms with Gasteiger partial charge in [0, 0.05) is 0 Å². The van der Waals surface area contributed by atoms with Crippen molar-refractivity contribution in [1.29, 1.82) is 0 Å². The molecule has 14 heavy (non-hydrogen) atoms. The fraction of sp³-hybridized carbons (Fsp3) is 0.417. The molecule has 0 spiro atoms. The molecule has 0 N–H and O–H groups in total. The largest absolute Gasteiger partial charge is 0.462 e. The van der Waals surface area contributed by atoms with Crippen LogP contribution in [0.25, 0.3) is 0 Å². The smallest absolute Gasteiger partial charge is 0.338 e. The van der Waals surface area contributed by atoms with Gasteiger partial charge in [0.15, 0.2) is 0 Å². The van der Waals surface area contributed by atoms with Crippen LogP contribution in [0, 0.1) is 6.92 Å². The van der Waals surface area contributed by atoms with Gasteiger partial charge in [-0.1, -0.05) is 31.5 Å². The summed E-state index contributed by atoms with van der Waals surface area (Å²) >= 11 is 0. The molecule has 0 radical (unpaired) electrons. The van der Waals surface area contributed by atoms with Crippen molar-refractivity contribution in [2.75, 3.05) is 6.61 Å². The Morgan fingerprint density at radius 2 is 2.07 bits per heavy atom. The average molecular weight is 192 g/mol. The van der Waals surface area contributed by atoms with E-state index in [9.17, 15) is 4.79 Å². The Kier molecular flexibility index (Phi) is 4.17. The first-order chi connectivity index (χ1) is 6.75. The quantitative estimate of drug-likeness (QED) is 0.541. The highest BCUT2D eigenvalue weighted by Crippen LogP contribution is 2.08. The molecule has 76 valence electrons. The summed E-state index contributed by atoms with van der Waals surface area (Å²) in [4.78, 5) is 11.5. The third-order valence-electron chi connectivity index (χ3n) is 2.10. The third kappa shape index (κ3) is 2.87. The standard InChI is InChI=1S/C12H16O2/c1-3-4-9-14-12(13)11-8-6-5-7-10(11)2/h5-8H,3-4,9H2,1-2H3. The Hall–Kier alpha value is -1.31. The predicted molar refractivity (Wildman–Crippen MR) is 56.4 cm³/mol. The summed E-state index contributed by atoms with van der Waals surface area (Å²) in [5.41, 5.74) is 1.64. The maximum Gasteiger partial charge on any atom is 0.338 e. The molecule has 0 amide bonds. The molecule has 0 unspecified atom stereocenters. The molecule has 0 saturated heterocycles. The summed E-state index contributed by atoms with van der Waals surface area (Å²) in [6.07, 6.45) is 1.97. The van der Waals surface area contributed by atoms with E-state index in [1.807, 2.05) is 25.1 Å². The van der Waals surface area contributed by atoms with E-state index in [1.165, 1.54) is 0 Å². The van der Waals surface area contributed by atoms with E-state index in [4.69, 9.17) is 4.74 Å². The van der Waals surface area contributed by atoms with Gasteiger partial charge in [-0.2, -0.15) is 0 Å². The summed E-state index contributed by atoms with van der Waals surface area (Å²) in [6.45, 7) is 4.50. The second-order valence-electron chi connectivity index (χ2n) is 3.30. The van der Waals surface area contributed by atoms with Crippen molar-refractivity contribution in [2.24, 2.45) is 0 Å². The van der Waals surface area contributed by atoms with Crippen LogP contribution in [0.1, 0.15) is 35.7 Å². The Morgan fingerprint density at radius 3 is 2.71 bits per heavy atom. The molecule has 0 aliphatic rings. The van der Waals surface area contributed by atoms with Gasteiger partial charge in [0.1, 0.15) is 0 Å². The van der Waals surface area contributed by atoms with E-state index < -0.39 is 0 Å². The fourth-order valence-corrected chi connectivity index (χ4v) is 1.19. The molecule has 0 saturated carbocycles. The van der Waals surface area contributed by atoms with E-state index in [2.05, 4.69) is 6.92 Å². The molecule has 0 bridgehead atoms. The highest BCUT2D eigenvalue weighted by atomic mass is 16.5. The van der Waals surface area contributed by atoms with Gasteiger partial charge >= 0.3 is 5.97 Å². The van der Waals surface area contributed by atoms with Crippen molar-refractivity contribution in [3.63, 3.8) is 0 Å². The molecule has 0 fully saturated rings. The Bertz CT molecular complexity index is 305.